The number of likely N-dealkylation sites (tertiary alicyclic amines) is 1. The van der Waals surface area contributed by atoms with Gasteiger partial charge in [0, 0.05) is 36.1 Å². The number of nitrogens with zero attached hydrogens (tertiary/aromatic N) is 2. The molecule has 5 nitrogen and oxygen atoms in total. The molecule has 5 heteroatoms. The number of nitrogens with one attached hydrogen (secondary N) is 1. The second kappa shape index (κ2) is 6.82. The molecule has 0 aliphatic carbocycles. The highest BCUT2D eigenvalue weighted by molar-refractivity contribution is 5.88. The molecule has 28 heavy (non-hydrogen) atoms. The van der Waals surface area contributed by atoms with Crippen LogP contribution in [0.5, 0.6) is 0 Å². The van der Waals surface area contributed by atoms with Crippen LogP contribution in [0.2, 0.25) is 0 Å². The molecule has 3 heterocycles. The molecule has 142 valence electrons. The third-order valence-electron chi connectivity index (χ3n) is 5.97. The van der Waals surface area contributed by atoms with Gasteiger partial charge in [-0.3, -0.25) is 9.59 Å². The highest BCUT2D eigenvalue weighted by atomic mass is 16.2. The van der Waals surface area contributed by atoms with E-state index in [0.29, 0.717) is 19.5 Å². The SMILES string of the molecule is O=C1CCCN1CC(=O)N1CCc2c([nH]c3ccccc23)C1c1ccccc1. The lowest BCUT2D eigenvalue weighted by Gasteiger charge is -2.37. The predicted molar refractivity (Wildman–Crippen MR) is 108 cm³/mol. The van der Waals surface area contributed by atoms with Crippen molar-refractivity contribution in [2.75, 3.05) is 19.6 Å². The van der Waals surface area contributed by atoms with Gasteiger partial charge in [-0.05, 0) is 30.0 Å². The van der Waals surface area contributed by atoms with Gasteiger partial charge in [-0.1, -0.05) is 48.5 Å². The number of amides is 2. The van der Waals surface area contributed by atoms with E-state index in [4.69, 9.17) is 0 Å². The maximum Gasteiger partial charge on any atom is 0.243 e. The second-order valence-corrected chi connectivity index (χ2v) is 7.63. The van der Waals surface area contributed by atoms with Gasteiger partial charge in [-0.15, -0.1) is 0 Å². The minimum atomic E-state index is -0.150. The van der Waals surface area contributed by atoms with Crippen LogP contribution in [-0.2, 0) is 16.0 Å². The van der Waals surface area contributed by atoms with Gasteiger partial charge in [0.15, 0.2) is 0 Å². The Labute approximate surface area is 163 Å². The average molecular weight is 373 g/mol. The summed E-state index contributed by atoms with van der Waals surface area (Å²) in [6.07, 6.45) is 2.23. The number of aromatic amines is 1. The van der Waals surface area contributed by atoms with Crippen LogP contribution in [0, 0.1) is 0 Å². The van der Waals surface area contributed by atoms with Gasteiger partial charge in [0.2, 0.25) is 11.8 Å². The van der Waals surface area contributed by atoms with Crippen LogP contribution >= 0.6 is 0 Å². The molecule has 0 radical (unpaired) electrons. The lowest BCUT2D eigenvalue weighted by atomic mass is 9.92. The highest BCUT2D eigenvalue weighted by Gasteiger charge is 2.35. The van der Waals surface area contributed by atoms with E-state index in [-0.39, 0.29) is 24.4 Å². The highest BCUT2D eigenvalue weighted by Crippen LogP contribution is 2.38. The minimum Gasteiger partial charge on any atom is -0.356 e. The zero-order valence-electron chi connectivity index (χ0n) is 15.7. The van der Waals surface area contributed by atoms with E-state index in [1.807, 2.05) is 29.2 Å². The first-order valence-corrected chi connectivity index (χ1v) is 9.94. The third kappa shape index (κ3) is 2.78. The molecule has 1 aromatic heterocycles. The van der Waals surface area contributed by atoms with Crippen molar-refractivity contribution < 1.29 is 9.59 Å². The Morgan fingerprint density at radius 2 is 1.79 bits per heavy atom. The zero-order chi connectivity index (χ0) is 19.1. The number of carbonyl (C=O) groups is 2. The molecule has 2 amide bonds. The first-order chi connectivity index (χ1) is 13.7. The van der Waals surface area contributed by atoms with E-state index < -0.39 is 0 Å². The Hall–Kier alpha value is -3.08. The molecule has 0 saturated carbocycles. The number of fused-ring (bicyclic) bond motifs is 3. The Balaban J connectivity index is 1.55. The van der Waals surface area contributed by atoms with Crippen molar-refractivity contribution in [2.24, 2.45) is 0 Å². The molecule has 1 atom stereocenters. The number of rotatable bonds is 3. The number of carbonyl (C=O) groups excluding carboxylic acids is 2. The van der Waals surface area contributed by atoms with E-state index in [9.17, 15) is 9.59 Å². The minimum absolute atomic E-state index is 0.0217. The number of para-hydroxylation sites is 1. The summed E-state index contributed by atoms with van der Waals surface area (Å²) in [5.74, 6) is 0.112. The van der Waals surface area contributed by atoms with Gasteiger partial charge in [0.1, 0.15) is 0 Å². The molecule has 0 spiro atoms. The summed E-state index contributed by atoms with van der Waals surface area (Å²) in [6.45, 7) is 1.53. The molecule has 2 aromatic carbocycles. The first kappa shape index (κ1) is 17.0. The molecule has 3 aromatic rings. The molecule has 1 saturated heterocycles. The largest absolute Gasteiger partial charge is 0.356 e. The smallest absolute Gasteiger partial charge is 0.243 e. The van der Waals surface area contributed by atoms with Gasteiger partial charge in [0.05, 0.1) is 12.6 Å². The summed E-state index contributed by atoms with van der Waals surface area (Å²) in [6, 6.07) is 18.3. The molecular weight excluding hydrogens is 350 g/mol. The summed E-state index contributed by atoms with van der Waals surface area (Å²) < 4.78 is 0. The summed E-state index contributed by atoms with van der Waals surface area (Å²) in [5.41, 5.74) is 4.60. The maximum absolute atomic E-state index is 13.2. The van der Waals surface area contributed by atoms with Gasteiger partial charge < -0.3 is 14.8 Å². The molecular formula is C23H23N3O2. The zero-order valence-corrected chi connectivity index (χ0v) is 15.7. The van der Waals surface area contributed by atoms with Gasteiger partial charge in [0.25, 0.3) is 0 Å². The molecule has 2 aliphatic heterocycles. The predicted octanol–water partition coefficient (Wildman–Crippen LogP) is 3.26. The van der Waals surface area contributed by atoms with Crippen LogP contribution in [-0.4, -0.2) is 46.2 Å². The molecule has 1 unspecified atom stereocenters. The van der Waals surface area contributed by atoms with Crippen molar-refractivity contribution in [3.05, 3.63) is 71.4 Å². The van der Waals surface area contributed by atoms with Crippen molar-refractivity contribution in [1.82, 2.24) is 14.8 Å². The van der Waals surface area contributed by atoms with Crippen LogP contribution in [0.4, 0.5) is 0 Å². The van der Waals surface area contributed by atoms with Gasteiger partial charge in [-0.25, -0.2) is 0 Å². The quantitative estimate of drug-likeness (QED) is 0.766. The fraction of sp³-hybridized carbons (Fsp3) is 0.304. The average Bonchev–Trinajstić information content (AvgIpc) is 3.31. The van der Waals surface area contributed by atoms with E-state index in [2.05, 4.69) is 35.3 Å². The van der Waals surface area contributed by atoms with Crippen LogP contribution in [0.1, 0.15) is 35.7 Å². The number of aromatic nitrogens is 1. The van der Waals surface area contributed by atoms with Crippen LogP contribution in [0.25, 0.3) is 10.9 Å². The van der Waals surface area contributed by atoms with Crippen LogP contribution in [0.3, 0.4) is 0 Å². The van der Waals surface area contributed by atoms with Crippen molar-refractivity contribution in [1.29, 1.82) is 0 Å². The van der Waals surface area contributed by atoms with Crippen molar-refractivity contribution in [3.8, 4) is 0 Å². The van der Waals surface area contributed by atoms with Crippen molar-refractivity contribution >= 4 is 22.7 Å². The van der Waals surface area contributed by atoms with Crippen LogP contribution < -0.4 is 0 Å². The molecule has 1 N–H and O–H groups in total. The van der Waals surface area contributed by atoms with E-state index >= 15 is 0 Å². The van der Waals surface area contributed by atoms with Gasteiger partial charge >= 0.3 is 0 Å². The van der Waals surface area contributed by atoms with Crippen LogP contribution in [0.15, 0.2) is 54.6 Å². The maximum atomic E-state index is 13.2. The summed E-state index contributed by atoms with van der Waals surface area (Å²) in [7, 11) is 0. The Kier molecular flexibility index (Phi) is 4.15. The topological polar surface area (TPSA) is 56.4 Å². The number of benzene rings is 2. The van der Waals surface area contributed by atoms with Crippen molar-refractivity contribution in [3.63, 3.8) is 0 Å². The molecule has 2 aliphatic rings. The fourth-order valence-electron chi connectivity index (χ4n) is 4.62. The third-order valence-corrected chi connectivity index (χ3v) is 5.97. The van der Waals surface area contributed by atoms with E-state index in [1.54, 1.807) is 4.90 Å². The lowest BCUT2D eigenvalue weighted by Crippen LogP contribution is -2.45. The lowest BCUT2D eigenvalue weighted by molar-refractivity contribution is -0.139. The number of hydrogen-bond donors (Lipinski definition) is 1. The molecule has 1 fully saturated rings. The monoisotopic (exact) mass is 373 g/mol. The van der Waals surface area contributed by atoms with E-state index in [0.717, 1.165) is 29.6 Å². The normalized spacial score (nSPS) is 19.3. The Bertz CT molecular complexity index is 1040. The first-order valence-electron chi connectivity index (χ1n) is 9.94. The van der Waals surface area contributed by atoms with E-state index in [1.165, 1.54) is 10.9 Å². The van der Waals surface area contributed by atoms with Gasteiger partial charge in [-0.2, -0.15) is 0 Å². The Morgan fingerprint density at radius 3 is 2.57 bits per heavy atom. The van der Waals surface area contributed by atoms with Crippen molar-refractivity contribution in [2.45, 2.75) is 25.3 Å². The number of H-pyrrole nitrogens is 1. The summed E-state index contributed by atoms with van der Waals surface area (Å²) >= 11 is 0. The molecule has 0 bridgehead atoms. The summed E-state index contributed by atoms with van der Waals surface area (Å²) in [4.78, 5) is 32.5. The fourth-order valence-corrected chi connectivity index (χ4v) is 4.62. The summed E-state index contributed by atoms with van der Waals surface area (Å²) in [5, 5.41) is 1.24. The number of hydrogen-bond acceptors (Lipinski definition) is 2. The second-order valence-electron chi connectivity index (χ2n) is 7.63. The molecule has 5 rings (SSSR count). The standard InChI is InChI=1S/C23H23N3O2/c27-20-11-6-13-25(20)15-21(28)26-14-12-18-17-9-4-5-10-19(17)24-22(18)23(26)16-7-2-1-3-8-16/h1-5,7-10,23-24H,6,11-15H2. The Morgan fingerprint density at radius 1 is 1.00 bits per heavy atom.